The van der Waals surface area contributed by atoms with E-state index in [1.165, 1.54) is 0 Å². The van der Waals surface area contributed by atoms with Crippen molar-refractivity contribution in [2.45, 2.75) is 38.8 Å². The molecule has 2 aliphatic heterocycles. The Labute approximate surface area is 129 Å². The number of primary amides is 1. The Balaban J connectivity index is 1.51. The van der Waals surface area contributed by atoms with Gasteiger partial charge in [-0.2, -0.15) is 0 Å². The van der Waals surface area contributed by atoms with E-state index >= 15 is 0 Å². The number of hydrogen-bond acceptors (Lipinski definition) is 5. The molecule has 0 aromatic carbocycles. The number of carbonyl (C=O) groups is 2. The van der Waals surface area contributed by atoms with E-state index in [-0.39, 0.29) is 30.2 Å². The number of oxazole rings is 1. The number of hydrogen-bond donors (Lipinski definition) is 1. The van der Waals surface area contributed by atoms with Gasteiger partial charge < -0.3 is 15.1 Å². The number of amides is 2. The average Bonchev–Trinajstić information content (AvgIpc) is 3.06. The van der Waals surface area contributed by atoms with Crippen molar-refractivity contribution in [1.82, 2.24) is 14.8 Å². The van der Waals surface area contributed by atoms with Crippen molar-refractivity contribution in [3.05, 3.63) is 17.8 Å². The first-order valence-corrected chi connectivity index (χ1v) is 7.75. The summed E-state index contributed by atoms with van der Waals surface area (Å²) in [5.74, 6) is 0.0674. The second-order valence-corrected chi connectivity index (χ2v) is 6.21. The van der Waals surface area contributed by atoms with Gasteiger partial charge in [-0.05, 0) is 12.8 Å². The second kappa shape index (κ2) is 6.08. The van der Waals surface area contributed by atoms with Crippen LogP contribution in [0.25, 0.3) is 0 Å². The zero-order valence-corrected chi connectivity index (χ0v) is 12.8. The van der Waals surface area contributed by atoms with Crippen LogP contribution < -0.4 is 5.73 Å². The lowest BCUT2D eigenvalue weighted by atomic mass is 10.0. The summed E-state index contributed by atoms with van der Waals surface area (Å²) in [7, 11) is 0. The number of piperidine rings is 1. The molecule has 2 amide bonds. The molecule has 7 heteroatoms. The number of aromatic nitrogens is 1. The van der Waals surface area contributed by atoms with Gasteiger partial charge in [0.15, 0.2) is 5.89 Å². The summed E-state index contributed by atoms with van der Waals surface area (Å²) in [6, 6.07) is 0.229. The van der Waals surface area contributed by atoms with E-state index in [9.17, 15) is 9.59 Å². The third kappa shape index (κ3) is 3.14. The lowest BCUT2D eigenvalue weighted by molar-refractivity contribution is -0.130. The van der Waals surface area contributed by atoms with Crippen LogP contribution >= 0.6 is 0 Å². The predicted octanol–water partition coefficient (Wildman–Crippen LogP) is 0.281. The van der Waals surface area contributed by atoms with Crippen LogP contribution in [0.15, 0.2) is 10.7 Å². The zero-order chi connectivity index (χ0) is 15.7. The van der Waals surface area contributed by atoms with Gasteiger partial charge in [0.2, 0.25) is 11.8 Å². The van der Waals surface area contributed by atoms with Gasteiger partial charge in [-0.1, -0.05) is 0 Å². The summed E-state index contributed by atoms with van der Waals surface area (Å²) in [5, 5.41) is 0. The van der Waals surface area contributed by atoms with Crippen molar-refractivity contribution in [3.63, 3.8) is 0 Å². The Kier molecular flexibility index (Phi) is 4.15. The van der Waals surface area contributed by atoms with Crippen LogP contribution in [0.4, 0.5) is 0 Å². The maximum absolute atomic E-state index is 12.0. The Morgan fingerprint density at radius 2 is 2.18 bits per heavy atom. The molecular formula is C15H22N4O3. The fourth-order valence-electron chi connectivity index (χ4n) is 3.37. The Bertz CT molecular complexity index is 563. The highest BCUT2D eigenvalue weighted by Gasteiger charge is 2.38. The number of carbonyl (C=O) groups excluding carboxylic acids is 2. The SMILES string of the molecule is Cc1nc(CN2CCC(N3CC(C(N)=O)CC3=O)CC2)co1. The lowest BCUT2D eigenvalue weighted by Crippen LogP contribution is -2.45. The summed E-state index contributed by atoms with van der Waals surface area (Å²) in [6.07, 6.45) is 3.82. The van der Waals surface area contributed by atoms with Gasteiger partial charge in [-0.25, -0.2) is 4.98 Å². The maximum Gasteiger partial charge on any atom is 0.223 e. The molecule has 3 rings (SSSR count). The highest BCUT2D eigenvalue weighted by molar-refractivity contribution is 5.88. The number of likely N-dealkylation sites (tertiary alicyclic amines) is 2. The minimum atomic E-state index is -0.366. The Hall–Kier alpha value is -1.89. The smallest absolute Gasteiger partial charge is 0.223 e. The van der Waals surface area contributed by atoms with Gasteiger partial charge in [0.05, 0.1) is 11.6 Å². The number of aryl methyl sites for hydroxylation is 1. The van der Waals surface area contributed by atoms with Crippen LogP contribution in [0.5, 0.6) is 0 Å². The quantitative estimate of drug-likeness (QED) is 0.862. The van der Waals surface area contributed by atoms with Crippen LogP contribution in [0.1, 0.15) is 30.8 Å². The molecule has 0 saturated carbocycles. The molecule has 2 saturated heterocycles. The minimum absolute atomic E-state index is 0.0642. The van der Waals surface area contributed by atoms with E-state index in [2.05, 4.69) is 9.88 Å². The lowest BCUT2D eigenvalue weighted by Gasteiger charge is -2.36. The third-order valence-electron chi connectivity index (χ3n) is 4.61. The van der Waals surface area contributed by atoms with Crippen LogP contribution in [0, 0.1) is 12.8 Å². The molecule has 1 atom stereocenters. The van der Waals surface area contributed by atoms with E-state index in [0.717, 1.165) is 38.2 Å². The molecule has 1 aromatic heterocycles. The highest BCUT2D eigenvalue weighted by atomic mass is 16.3. The summed E-state index contributed by atoms with van der Waals surface area (Å²) in [6.45, 7) is 4.94. The topological polar surface area (TPSA) is 92.7 Å². The maximum atomic E-state index is 12.0. The van der Waals surface area contributed by atoms with Gasteiger partial charge in [0.25, 0.3) is 0 Å². The fourth-order valence-corrected chi connectivity index (χ4v) is 3.37. The van der Waals surface area contributed by atoms with E-state index in [4.69, 9.17) is 10.2 Å². The predicted molar refractivity (Wildman–Crippen MR) is 78.6 cm³/mol. The van der Waals surface area contributed by atoms with Gasteiger partial charge in [-0.15, -0.1) is 0 Å². The molecule has 7 nitrogen and oxygen atoms in total. The molecule has 22 heavy (non-hydrogen) atoms. The standard InChI is InChI=1S/C15H22N4O3/c1-10-17-12(9-22-10)8-18-4-2-13(3-5-18)19-7-11(15(16)21)6-14(19)20/h9,11,13H,2-8H2,1H3,(H2,16,21). The molecule has 3 heterocycles. The van der Waals surface area contributed by atoms with E-state index in [1.807, 2.05) is 11.8 Å². The largest absolute Gasteiger partial charge is 0.449 e. The van der Waals surface area contributed by atoms with Crippen LogP contribution in [0.3, 0.4) is 0 Å². The van der Waals surface area contributed by atoms with Crippen LogP contribution in [-0.4, -0.2) is 52.3 Å². The van der Waals surface area contributed by atoms with Gasteiger partial charge >= 0.3 is 0 Å². The zero-order valence-electron chi connectivity index (χ0n) is 12.8. The van der Waals surface area contributed by atoms with Crippen molar-refractivity contribution < 1.29 is 14.0 Å². The molecule has 2 fully saturated rings. The normalized spacial score (nSPS) is 24.1. The van der Waals surface area contributed by atoms with E-state index in [1.54, 1.807) is 6.26 Å². The Morgan fingerprint density at radius 1 is 1.45 bits per heavy atom. The average molecular weight is 306 g/mol. The van der Waals surface area contributed by atoms with E-state index in [0.29, 0.717) is 12.4 Å². The van der Waals surface area contributed by atoms with Crippen molar-refractivity contribution >= 4 is 11.8 Å². The number of rotatable bonds is 4. The van der Waals surface area contributed by atoms with Crippen molar-refractivity contribution in [2.24, 2.45) is 11.7 Å². The number of nitrogens with zero attached hydrogens (tertiary/aromatic N) is 3. The molecule has 0 spiro atoms. The summed E-state index contributed by atoms with van der Waals surface area (Å²) in [5.41, 5.74) is 6.27. The summed E-state index contributed by atoms with van der Waals surface area (Å²) in [4.78, 5) is 31.8. The number of nitrogens with two attached hydrogens (primary N) is 1. The van der Waals surface area contributed by atoms with Crippen LogP contribution in [0.2, 0.25) is 0 Å². The molecular weight excluding hydrogens is 284 g/mol. The molecule has 0 aliphatic carbocycles. The molecule has 120 valence electrons. The Morgan fingerprint density at radius 3 is 2.73 bits per heavy atom. The van der Waals surface area contributed by atoms with Gasteiger partial charge in [-0.3, -0.25) is 14.5 Å². The monoisotopic (exact) mass is 306 g/mol. The summed E-state index contributed by atoms with van der Waals surface area (Å²) >= 11 is 0. The third-order valence-corrected chi connectivity index (χ3v) is 4.61. The van der Waals surface area contributed by atoms with Gasteiger partial charge in [0, 0.05) is 45.6 Å². The fraction of sp³-hybridized carbons (Fsp3) is 0.667. The first-order valence-electron chi connectivity index (χ1n) is 7.75. The van der Waals surface area contributed by atoms with Crippen molar-refractivity contribution in [3.8, 4) is 0 Å². The van der Waals surface area contributed by atoms with Crippen LogP contribution in [-0.2, 0) is 16.1 Å². The van der Waals surface area contributed by atoms with Crippen molar-refractivity contribution in [1.29, 1.82) is 0 Å². The molecule has 2 aliphatic rings. The molecule has 1 aromatic rings. The molecule has 2 N–H and O–H groups in total. The van der Waals surface area contributed by atoms with Crippen molar-refractivity contribution in [2.75, 3.05) is 19.6 Å². The molecule has 1 unspecified atom stereocenters. The summed E-state index contributed by atoms with van der Waals surface area (Å²) < 4.78 is 5.22. The second-order valence-electron chi connectivity index (χ2n) is 6.21. The van der Waals surface area contributed by atoms with E-state index < -0.39 is 0 Å². The van der Waals surface area contributed by atoms with Gasteiger partial charge in [0.1, 0.15) is 6.26 Å². The molecule has 0 bridgehead atoms. The first kappa shape index (κ1) is 15.0. The minimum Gasteiger partial charge on any atom is -0.449 e. The molecule has 0 radical (unpaired) electrons. The first-order chi connectivity index (χ1) is 10.5. The highest BCUT2D eigenvalue weighted by Crippen LogP contribution is 2.25.